The number of hydrogen-bond acceptors (Lipinski definition) is 7. The van der Waals surface area contributed by atoms with Gasteiger partial charge in [-0.05, 0) is 61.0 Å². The van der Waals surface area contributed by atoms with Crippen LogP contribution in [0.3, 0.4) is 0 Å². The van der Waals surface area contributed by atoms with Crippen LogP contribution in [0.1, 0.15) is 22.8 Å². The molecule has 43 heavy (non-hydrogen) atoms. The van der Waals surface area contributed by atoms with E-state index in [9.17, 15) is 26.7 Å². The lowest BCUT2D eigenvalue weighted by molar-refractivity contribution is -0.137. The standard InChI is InChI=1S/C31H27F3N4O3S2/c32-31(33,34)25-9-5-23(6-10-25)30-37-28(20-42-30)22-7-13-27(14-8-22)43(40,41)38-26-11-3-21(4-12-26)15-17-36-19-29(39)24-2-1-16-35-18-24/h1-14,16,18,20,29,36,38-39H,15,17,19H2/t29-/m1/s1. The second-order valence-corrected chi connectivity index (χ2v) is 12.2. The van der Waals surface area contributed by atoms with E-state index >= 15 is 0 Å². The lowest BCUT2D eigenvalue weighted by Crippen LogP contribution is -2.23. The number of benzene rings is 3. The Morgan fingerprint density at radius 3 is 2.26 bits per heavy atom. The third-order valence-corrected chi connectivity index (χ3v) is 8.92. The van der Waals surface area contributed by atoms with Gasteiger partial charge in [0, 0.05) is 46.7 Å². The number of hydrogen-bond donors (Lipinski definition) is 3. The van der Waals surface area contributed by atoms with Crippen LogP contribution in [0.2, 0.25) is 0 Å². The van der Waals surface area contributed by atoms with Crippen molar-refractivity contribution in [2.75, 3.05) is 17.8 Å². The Hall–Kier alpha value is -4.10. The highest BCUT2D eigenvalue weighted by atomic mass is 32.2. The molecule has 12 heteroatoms. The molecule has 0 bridgehead atoms. The predicted octanol–water partition coefficient (Wildman–Crippen LogP) is 6.56. The molecule has 0 radical (unpaired) electrons. The van der Waals surface area contributed by atoms with E-state index in [4.69, 9.17) is 0 Å². The quantitative estimate of drug-likeness (QED) is 0.144. The van der Waals surface area contributed by atoms with E-state index in [2.05, 4.69) is 20.0 Å². The van der Waals surface area contributed by atoms with Crippen LogP contribution in [0.15, 0.2) is 108 Å². The molecular weight excluding hydrogens is 597 g/mol. The van der Waals surface area contributed by atoms with Crippen LogP contribution < -0.4 is 10.0 Å². The van der Waals surface area contributed by atoms with Crippen molar-refractivity contribution in [3.63, 3.8) is 0 Å². The Labute approximate surface area is 251 Å². The fraction of sp³-hybridized carbons (Fsp3) is 0.161. The summed E-state index contributed by atoms with van der Waals surface area (Å²) in [6.45, 7) is 1.03. The lowest BCUT2D eigenvalue weighted by Gasteiger charge is -2.12. The topological polar surface area (TPSA) is 104 Å². The first-order chi connectivity index (χ1) is 20.6. The maximum Gasteiger partial charge on any atom is 0.416 e. The smallest absolute Gasteiger partial charge is 0.387 e. The molecule has 0 saturated heterocycles. The van der Waals surface area contributed by atoms with Crippen molar-refractivity contribution < 1.29 is 26.7 Å². The number of anilines is 1. The second-order valence-electron chi connectivity index (χ2n) is 9.70. The fourth-order valence-electron chi connectivity index (χ4n) is 4.26. The minimum absolute atomic E-state index is 0.0786. The highest BCUT2D eigenvalue weighted by Gasteiger charge is 2.30. The molecule has 2 aromatic heterocycles. The summed E-state index contributed by atoms with van der Waals surface area (Å²) >= 11 is 1.29. The third-order valence-electron chi connectivity index (χ3n) is 6.63. The number of alkyl halides is 3. The van der Waals surface area contributed by atoms with E-state index in [1.54, 1.807) is 48.1 Å². The zero-order valence-corrected chi connectivity index (χ0v) is 24.3. The van der Waals surface area contributed by atoms with Gasteiger partial charge in [-0.25, -0.2) is 13.4 Å². The molecule has 0 amide bonds. The molecule has 0 aliphatic heterocycles. The maximum absolute atomic E-state index is 13.0. The summed E-state index contributed by atoms with van der Waals surface area (Å²) in [5.41, 5.74) is 3.29. The molecule has 3 aromatic carbocycles. The van der Waals surface area contributed by atoms with Crippen molar-refractivity contribution in [3.8, 4) is 21.8 Å². The molecule has 0 aliphatic rings. The van der Waals surface area contributed by atoms with Crippen LogP contribution in [0.5, 0.6) is 0 Å². The van der Waals surface area contributed by atoms with E-state index < -0.39 is 27.9 Å². The van der Waals surface area contributed by atoms with Gasteiger partial charge in [-0.1, -0.05) is 42.5 Å². The SMILES string of the molecule is O=S(=O)(Nc1ccc(CCNC[C@@H](O)c2cccnc2)cc1)c1ccc(-c2csc(-c3ccc(C(F)(F)F)cc3)n2)cc1. The summed E-state index contributed by atoms with van der Waals surface area (Å²) in [7, 11) is -3.84. The van der Waals surface area contributed by atoms with E-state index in [0.717, 1.165) is 23.3 Å². The zero-order valence-electron chi connectivity index (χ0n) is 22.6. The van der Waals surface area contributed by atoms with E-state index in [0.29, 0.717) is 47.0 Å². The van der Waals surface area contributed by atoms with Crippen molar-refractivity contribution in [1.82, 2.24) is 15.3 Å². The first-order valence-corrected chi connectivity index (χ1v) is 15.6. The second kappa shape index (κ2) is 13.0. The minimum Gasteiger partial charge on any atom is -0.387 e. The van der Waals surface area contributed by atoms with Crippen LogP contribution in [0, 0.1) is 0 Å². The number of halogens is 3. The molecular formula is C31H27F3N4O3S2. The van der Waals surface area contributed by atoms with Crippen LogP contribution in [0.4, 0.5) is 18.9 Å². The first kappa shape index (κ1) is 30.4. The monoisotopic (exact) mass is 624 g/mol. The van der Waals surface area contributed by atoms with E-state index in [1.807, 2.05) is 18.2 Å². The van der Waals surface area contributed by atoms with Gasteiger partial charge < -0.3 is 10.4 Å². The van der Waals surface area contributed by atoms with Gasteiger partial charge in [0.25, 0.3) is 10.0 Å². The van der Waals surface area contributed by atoms with Crippen molar-refractivity contribution in [1.29, 1.82) is 0 Å². The summed E-state index contributed by atoms with van der Waals surface area (Å²) in [4.78, 5) is 8.60. The molecule has 5 rings (SSSR count). The summed E-state index contributed by atoms with van der Waals surface area (Å²) in [6.07, 6.45) is -1.07. The third kappa shape index (κ3) is 7.85. The first-order valence-electron chi connectivity index (χ1n) is 13.2. The predicted molar refractivity (Wildman–Crippen MR) is 161 cm³/mol. The van der Waals surface area contributed by atoms with Gasteiger partial charge in [0.15, 0.2) is 0 Å². The molecule has 0 unspecified atom stereocenters. The molecule has 7 nitrogen and oxygen atoms in total. The number of aromatic nitrogens is 2. The molecule has 0 saturated carbocycles. The Kier molecular flexibility index (Phi) is 9.21. The summed E-state index contributed by atoms with van der Waals surface area (Å²) in [6, 6.07) is 21.7. The Balaban J connectivity index is 1.15. The number of aliphatic hydroxyl groups is 1. The van der Waals surface area contributed by atoms with Gasteiger partial charge in [-0.3, -0.25) is 9.71 Å². The van der Waals surface area contributed by atoms with Crippen LogP contribution in [-0.4, -0.2) is 36.6 Å². The maximum atomic E-state index is 13.0. The molecule has 0 spiro atoms. The van der Waals surface area contributed by atoms with E-state index in [1.165, 1.54) is 35.6 Å². The summed E-state index contributed by atoms with van der Waals surface area (Å²) < 4.78 is 67.1. The molecule has 3 N–H and O–H groups in total. The number of aliphatic hydroxyl groups excluding tert-OH is 1. The molecule has 0 aliphatic carbocycles. The fourth-order valence-corrected chi connectivity index (χ4v) is 6.16. The average molecular weight is 625 g/mol. The highest BCUT2D eigenvalue weighted by Crippen LogP contribution is 2.33. The highest BCUT2D eigenvalue weighted by molar-refractivity contribution is 7.92. The van der Waals surface area contributed by atoms with Gasteiger partial charge in [0.05, 0.1) is 22.3 Å². The van der Waals surface area contributed by atoms with Gasteiger partial charge >= 0.3 is 6.18 Å². The molecule has 2 heterocycles. The normalized spacial score (nSPS) is 12.7. The number of pyridine rings is 1. The largest absolute Gasteiger partial charge is 0.416 e. The Morgan fingerprint density at radius 1 is 0.907 bits per heavy atom. The van der Waals surface area contributed by atoms with Gasteiger partial charge in [-0.2, -0.15) is 13.2 Å². The van der Waals surface area contributed by atoms with Crippen LogP contribution in [-0.2, 0) is 22.6 Å². The number of sulfonamides is 1. The molecule has 222 valence electrons. The van der Waals surface area contributed by atoms with Gasteiger partial charge in [-0.15, -0.1) is 11.3 Å². The van der Waals surface area contributed by atoms with Crippen LogP contribution >= 0.6 is 11.3 Å². The minimum atomic E-state index is -4.40. The van der Waals surface area contributed by atoms with Gasteiger partial charge in [0.1, 0.15) is 5.01 Å². The van der Waals surface area contributed by atoms with Crippen molar-refractivity contribution in [2.45, 2.75) is 23.6 Å². The molecule has 5 aromatic rings. The Bertz CT molecular complexity index is 1740. The number of nitrogens with zero attached hydrogens (tertiary/aromatic N) is 2. The van der Waals surface area contributed by atoms with E-state index in [-0.39, 0.29) is 4.90 Å². The molecule has 1 atom stereocenters. The summed E-state index contributed by atoms with van der Waals surface area (Å²) in [5, 5.41) is 15.7. The molecule has 0 fully saturated rings. The number of rotatable bonds is 11. The average Bonchev–Trinajstić information content (AvgIpc) is 3.51. The lowest BCUT2D eigenvalue weighted by atomic mass is 10.1. The Morgan fingerprint density at radius 2 is 1.60 bits per heavy atom. The van der Waals surface area contributed by atoms with Crippen molar-refractivity contribution in [3.05, 3.63) is 119 Å². The van der Waals surface area contributed by atoms with Crippen LogP contribution in [0.25, 0.3) is 21.8 Å². The summed E-state index contributed by atoms with van der Waals surface area (Å²) in [5.74, 6) is 0. The number of thiazole rings is 1. The van der Waals surface area contributed by atoms with Crippen molar-refractivity contribution >= 4 is 27.0 Å². The van der Waals surface area contributed by atoms with Crippen molar-refractivity contribution in [2.24, 2.45) is 0 Å². The zero-order chi connectivity index (χ0) is 30.5. The van der Waals surface area contributed by atoms with Gasteiger partial charge in [0.2, 0.25) is 0 Å². The number of nitrogens with one attached hydrogen (secondary N) is 2.